The van der Waals surface area contributed by atoms with Crippen LogP contribution in [0.4, 0.5) is 11.4 Å². The molecule has 1 aromatic rings. The highest BCUT2D eigenvalue weighted by molar-refractivity contribution is 5.48. The van der Waals surface area contributed by atoms with Crippen LogP contribution in [0.15, 0.2) is 18.5 Å². The summed E-state index contributed by atoms with van der Waals surface area (Å²) in [5.41, 5.74) is 0.459. The van der Waals surface area contributed by atoms with Crippen LogP contribution < -0.4 is 5.32 Å². The third-order valence-corrected chi connectivity index (χ3v) is 1.62. The average molecular weight is 197 g/mol. The van der Waals surface area contributed by atoms with Crippen molar-refractivity contribution in [3.63, 3.8) is 0 Å². The van der Waals surface area contributed by atoms with Crippen molar-refractivity contribution in [1.82, 2.24) is 4.98 Å². The first-order valence-electron chi connectivity index (χ1n) is 4.10. The first kappa shape index (κ1) is 10.4. The molecule has 1 unspecified atom stereocenters. The van der Waals surface area contributed by atoms with Gasteiger partial charge in [-0.3, -0.25) is 15.1 Å². The third-order valence-electron chi connectivity index (χ3n) is 1.62. The monoisotopic (exact) mass is 197 g/mol. The molecule has 1 heterocycles. The first-order valence-corrected chi connectivity index (χ1v) is 4.10. The van der Waals surface area contributed by atoms with Gasteiger partial charge in [-0.15, -0.1) is 0 Å². The maximum atomic E-state index is 10.4. The second kappa shape index (κ2) is 4.52. The minimum atomic E-state index is -0.512. The number of pyridine rings is 1. The first-order chi connectivity index (χ1) is 6.63. The van der Waals surface area contributed by atoms with Gasteiger partial charge in [0, 0.05) is 12.1 Å². The Morgan fingerprint density at radius 3 is 3.00 bits per heavy atom. The number of nitro groups is 1. The van der Waals surface area contributed by atoms with Crippen LogP contribution in [0.25, 0.3) is 0 Å². The van der Waals surface area contributed by atoms with E-state index in [0.29, 0.717) is 5.69 Å². The summed E-state index contributed by atoms with van der Waals surface area (Å²) in [6, 6.07) is 1.22. The summed E-state index contributed by atoms with van der Waals surface area (Å²) in [4.78, 5) is 13.6. The normalized spacial score (nSPS) is 12.1. The molecule has 0 spiro atoms. The minimum absolute atomic E-state index is 0.0390. The zero-order valence-corrected chi connectivity index (χ0v) is 7.67. The lowest BCUT2D eigenvalue weighted by Crippen LogP contribution is -2.19. The molecule has 0 saturated heterocycles. The Hall–Kier alpha value is -1.69. The van der Waals surface area contributed by atoms with E-state index in [-0.39, 0.29) is 18.3 Å². The molecule has 0 radical (unpaired) electrons. The Bertz CT molecular complexity index is 329. The Labute approximate surface area is 80.7 Å². The molecule has 0 bridgehead atoms. The van der Waals surface area contributed by atoms with Crippen molar-refractivity contribution in [3.8, 4) is 0 Å². The molecule has 1 atom stereocenters. The number of nitrogens with zero attached hydrogens (tertiary/aromatic N) is 2. The number of aliphatic hydroxyl groups excluding tert-OH is 1. The largest absolute Gasteiger partial charge is 0.394 e. The molecule has 14 heavy (non-hydrogen) atoms. The predicted molar refractivity (Wildman–Crippen MR) is 51.1 cm³/mol. The van der Waals surface area contributed by atoms with Crippen molar-refractivity contribution < 1.29 is 10.0 Å². The smallest absolute Gasteiger partial charge is 0.289 e. The molecule has 76 valence electrons. The fourth-order valence-electron chi connectivity index (χ4n) is 0.937. The molecular formula is C8H11N3O3. The third kappa shape index (κ3) is 2.67. The number of hydrogen-bond donors (Lipinski definition) is 2. The van der Waals surface area contributed by atoms with E-state index in [2.05, 4.69) is 10.3 Å². The molecule has 2 N–H and O–H groups in total. The Balaban J connectivity index is 2.78. The Morgan fingerprint density at radius 2 is 2.43 bits per heavy atom. The number of anilines is 1. The molecule has 0 aromatic carbocycles. The molecule has 1 rings (SSSR count). The Morgan fingerprint density at radius 1 is 1.71 bits per heavy atom. The number of nitrogens with one attached hydrogen (secondary N) is 1. The van der Waals surface area contributed by atoms with Gasteiger partial charge < -0.3 is 10.4 Å². The summed E-state index contributed by atoms with van der Waals surface area (Å²) < 4.78 is 0. The molecule has 0 fully saturated rings. The van der Waals surface area contributed by atoms with Crippen molar-refractivity contribution in [2.24, 2.45) is 0 Å². The lowest BCUT2D eigenvalue weighted by atomic mass is 10.3. The van der Waals surface area contributed by atoms with Gasteiger partial charge in [-0.25, -0.2) is 0 Å². The van der Waals surface area contributed by atoms with Gasteiger partial charge >= 0.3 is 0 Å². The average Bonchev–Trinajstić information content (AvgIpc) is 2.18. The summed E-state index contributed by atoms with van der Waals surface area (Å²) in [5.74, 6) is 0. The molecule has 6 heteroatoms. The zero-order valence-electron chi connectivity index (χ0n) is 7.67. The molecular weight excluding hydrogens is 186 g/mol. The maximum absolute atomic E-state index is 10.4. The molecule has 0 aliphatic carbocycles. The summed E-state index contributed by atoms with van der Waals surface area (Å²) >= 11 is 0. The van der Waals surface area contributed by atoms with Crippen LogP contribution in [0.2, 0.25) is 0 Å². The summed E-state index contributed by atoms with van der Waals surface area (Å²) in [6.07, 6.45) is 2.65. The molecule has 1 aromatic heterocycles. The highest BCUT2D eigenvalue weighted by atomic mass is 16.6. The van der Waals surface area contributed by atoms with Crippen molar-refractivity contribution in [3.05, 3.63) is 28.6 Å². The molecule has 0 aliphatic rings. The van der Waals surface area contributed by atoms with Gasteiger partial charge in [-0.1, -0.05) is 0 Å². The van der Waals surface area contributed by atoms with E-state index < -0.39 is 4.92 Å². The fourth-order valence-corrected chi connectivity index (χ4v) is 0.937. The van der Waals surface area contributed by atoms with Crippen molar-refractivity contribution >= 4 is 11.4 Å². The van der Waals surface area contributed by atoms with Gasteiger partial charge in [0.2, 0.25) is 0 Å². The second-order valence-corrected chi connectivity index (χ2v) is 2.92. The molecule has 6 nitrogen and oxygen atoms in total. The van der Waals surface area contributed by atoms with Gasteiger partial charge in [-0.05, 0) is 6.92 Å². The van der Waals surface area contributed by atoms with Crippen molar-refractivity contribution in [2.75, 3.05) is 11.9 Å². The van der Waals surface area contributed by atoms with Gasteiger partial charge in [-0.2, -0.15) is 0 Å². The summed E-state index contributed by atoms with van der Waals surface area (Å²) in [7, 11) is 0. The lowest BCUT2D eigenvalue weighted by Gasteiger charge is -2.10. The van der Waals surface area contributed by atoms with Crippen LogP contribution in [-0.4, -0.2) is 27.7 Å². The van der Waals surface area contributed by atoms with E-state index in [0.717, 1.165) is 0 Å². The number of aromatic nitrogens is 1. The van der Waals surface area contributed by atoms with E-state index in [1.807, 2.05) is 0 Å². The minimum Gasteiger partial charge on any atom is -0.394 e. The zero-order chi connectivity index (χ0) is 10.6. The Kier molecular flexibility index (Phi) is 3.35. The van der Waals surface area contributed by atoms with Gasteiger partial charge in [0.05, 0.1) is 23.4 Å². The number of hydrogen-bond acceptors (Lipinski definition) is 5. The van der Waals surface area contributed by atoms with E-state index in [9.17, 15) is 10.1 Å². The summed E-state index contributed by atoms with van der Waals surface area (Å²) in [6.45, 7) is 1.72. The predicted octanol–water partition coefficient (Wildman–Crippen LogP) is 0.782. The SMILES string of the molecule is CC(CO)Nc1cncc([N+](=O)[O-])c1. The van der Waals surface area contributed by atoms with Crippen LogP contribution in [0.5, 0.6) is 0 Å². The topological polar surface area (TPSA) is 88.3 Å². The van der Waals surface area contributed by atoms with Crippen molar-refractivity contribution in [1.29, 1.82) is 0 Å². The van der Waals surface area contributed by atoms with Crippen LogP contribution in [0.1, 0.15) is 6.92 Å². The highest BCUT2D eigenvalue weighted by Crippen LogP contribution is 2.15. The van der Waals surface area contributed by atoms with E-state index in [1.165, 1.54) is 18.5 Å². The number of aliphatic hydroxyl groups is 1. The van der Waals surface area contributed by atoms with Gasteiger partial charge in [0.25, 0.3) is 5.69 Å². The van der Waals surface area contributed by atoms with E-state index in [1.54, 1.807) is 6.92 Å². The van der Waals surface area contributed by atoms with E-state index in [4.69, 9.17) is 5.11 Å². The standard InChI is InChI=1S/C8H11N3O3/c1-6(5-12)10-7-2-8(11(13)14)4-9-3-7/h2-4,6,10,12H,5H2,1H3. The van der Waals surface area contributed by atoms with Crippen LogP contribution in [-0.2, 0) is 0 Å². The fraction of sp³-hybridized carbons (Fsp3) is 0.375. The highest BCUT2D eigenvalue weighted by Gasteiger charge is 2.07. The quantitative estimate of drug-likeness (QED) is 0.550. The summed E-state index contributed by atoms with van der Waals surface area (Å²) in [5, 5.41) is 22.0. The number of rotatable bonds is 4. The van der Waals surface area contributed by atoms with Crippen LogP contribution >= 0.6 is 0 Å². The lowest BCUT2D eigenvalue weighted by molar-refractivity contribution is -0.385. The maximum Gasteiger partial charge on any atom is 0.289 e. The van der Waals surface area contributed by atoms with Gasteiger partial charge in [0.15, 0.2) is 0 Å². The van der Waals surface area contributed by atoms with Gasteiger partial charge in [0.1, 0.15) is 6.20 Å². The second-order valence-electron chi connectivity index (χ2n) is 2.92. The van der Waals surface area contributed by atoms with Crippen LogP contribution in [0, 0.1) is 10.1 Å². The van der Waals surface area contributed by atoms with Crippen LogP contribution in [0.3, 0.4) is 0 Å². The molecule has 0 saturated carbocycles. The van der Waals surface area contributed by atoms with Crippen molar-refractivity contribution in [2.45, 2.75) is 13.0 Å². The molecule has 0 amide bonds. The van der Waals surface area contributed by atoms with E-state index >= 15 is 0 Å². The molecule has 0 aliphatic heterocycles.